The third kappa shape index (κ3) is 5.32. The number of alkyl halides is 3. The first-order valence-electron chi connectivity index (χ1n) is 5.12. The molecule has 1 fully saturated rings. The first-order chi connectivity index (χ1) is 7.49. The van der Waals surface area contributed by atoms with E-state index in [0.717, 1.165) is 6.54 Å². The number of halogens is 3. The van der Waals surface area contributed by atoms with Gasteiger partial charge >= 0.3 is 6.18 Å². The number of piperazine rings is 1. The molecule has 0 spiro atoms. The fraction of sp³-hybridized carbons (Fsp3) is 0.889. The van der Waals surface area contributed by atoms with Gasteiger partial charge < -0.3 is 15.0 Å². The maximum absolute atomic E-state index is 11.7. The Morgan fingerprint density at radius 3 is 2.81 bits per heavy atom. The summed E-state index contributed by atoms with van der Waals surface area (Å²) in [6.07, 6.45) is -3.84. The first-order valence-corrected chi connectivity index (χ1v) is 5.12. The first kappa shape index (κ1) is 13.2. The van der Waals surface area contributed by atoms with E-state index in [1.807, 2.05) is 0 Å². The summed E-state index contributed by atoms with van der Waals surface area (Å²) in [7, 11) is 0. The van der Waals surface area contributed by atoms with Crippen LogP contribution in [0.2, 0.25) is 0 Å². The van der Waals surface area contributed by atoms with Crippen LogP contribution in [0.4, 0.5) is 13.2 Å². The predicted molar refractivity (Wildman–Crippen MR) is 50.9 cm³/mol. The fourth-order valence-corrected chi connectivity index (χ4v) is 1.43. The van der Waals surface area contributed by atoms with Crippen LogP contribution >= 0.6 is 0 Å². The number of rotatable bonds is 5. The third-order valence-corrected chi connectivity index (χ3v) is 2.17. The molecule has 0 aromatic heterocycles. The normalized spacial score (nSPS) is 17.9. The van der Waals surface area contributed by atoms with Crippen LogP contribution in [0.15, 0.2) is 0 Å². The summed E-state index contributed by atoms with van der Waals surface area (Å²) in [5.74, 6) is -0.0120. The van der Waals surface area contributed by atoms with Gasteiger partial charge in [-0.15, -0.1) is 0 Å². The van der Waals surface area contributed by atoms with Crippen LogP contribution in [0.3, 0.4) is 0 Å². The minimum Gasteiger partial charge on any atom is -0.372 e. The number of nitrogens with one attached hydrogen (secondary N) is 1. The van der Waals surface area contributed by atoms with Gasteiger partial charge in [-0.2, -0.15) is 13.2 Å². The lowest BCUT2D eigenvalue weighted by atomic mass is 10.3. The van der Waals surface area contributed by atoms with Crippen LogP contribution < -0.4 is 5.32 Å². The zero-order valence-electron chi connectivity index (χ0n) is 8.85. The fourth-order valence-electron chi connectivity index (χ4n) is 1.43. The van der Waals surface area contributed by atoms with E-state index in [-0.39, 0.29) is 12.5 Å². The Balaban J connectivity index is 2.04. The van der Waals surface area contributed by atoms with Crippen LogP contribution in [0.5, 0.6) is 0 Å². The van der Waals surface area contributed by atoms with E-state index in [1.54, 1.807) is 4.90 Å². The summed E-state index contributed by atoms with van der Waals surface area (Å²) in [4.78, 5) is 12.9. The maximum Gasteiger partial charge on any atom is 0.411 e. The van der Waals surface area contributed by atoms with Gasteiger partial charge in [-0.3, -0.25) is 4.79 Å². The second kappa shape index (κ2) is 6.05. The summed E-state index contributed by atoms with van der Waals surface area (Å²) >= 11 is 0. The molecule has 1 amide bonds. The van der Waals surface area contributed by atoms with E-state index in [0.29, 0.717) is 26.1 Å². The molecule has 0 bridgehead atoms. The number of nitrogens with zero attached hydrogens (tertiary/aromatic N) is 1. The molecule has 1 heterocycles. The molecule has 7 heteroatoms. The van der Waals surface area contributed by atoms with E-state index in [1.165, 1.54) is 0 Å². The molecular weight excluding hydrogens is 225 g/mol. The highest BCUT2D eigenvalue weighted by Crippen LogP contribution is 2.14. The molecule has 1 N–H and O–H groups in total. The second-order valence-corrected chi connectivity index (χ2v) is 3.58. The minimum atomic E-state index is -4.27. The molecule has 94 valence electrons. The summed E-state index contributed by atoms with van der Waals surface area (Å²) in [5.41, 5.74) is 0. The van der Waals surface area contributed by atoms with Gasteiger partial charge in [0.15, 0.2) is 0 Å². The summed E-state index contributed by atoms with van der Waals surface area (Å²) in [5, 5.41) is 2.91. The number of ether oxygens (including phenoxy) is 1. The molecule has 1 saturated heterocycles. The molecule has 1 rings (SSSR count). The molecule has 1 aliphatic heterocycles. The molecule has 4 nitrogen and oxygen atoms in total. The van der Waals surface area contributed by atoms with Crippen molar-refractivity contribution >= 4 is 5.91 Å². The molecule has 0 aromatic carbocycles. The molecular formula is C9H15F3N2O2. The van der Waals surface area contributed by atoms with Crippen LogP contribution in [-0.4, -0.2) is 56.4 Å². The zero-order valence-corrected chi connectivity index (χ0v) is 8.85. The number of carbonyl (C=O) groups is 1. The molecule has 0 aliphatic carbocycles. The van der Waals surface area contributed by atoms with Crippen LogP contribution in [0.25, 0.3) is 0 Å². The van der Waals surface area contributed by atoms with Gasteiger partial charge in [0.25, 0.3) is 0 Å². The molecule has 0 aromatic rings. The van der Waals surface area contributed by atoms with Gasteiger partial charge in [-0.1, -0.05) is 0 Å². The van der Waals surface area contributed by atoms with Crippen molar-refractivity contribution in [3.05, 3.63) is 0 Å². The number of carbonyl (C=O) groups excluding carboxylic acids is 1. The average molecular weight is 240 g/mol. The molecule has 0 unspecified atom stereocenters. The Bertz CT molecular complexity index is 233. The van der Waals surface area contributed by atoms with Crippen molar-refractivity contribution in [3.8, 4) is 0 Å². The number of hydrogen-bond acceptors (Lipinski definition) is 3. The van der Waals surface area contributed by atoms with Gasteiger partial charge in [0.05, 0.1) is 6.54 Å². The molecule has 0 radical (unpaired) electrons. The Morgan fingerprint density at radius 1 is 1.44 bits per heavy atom. The molecule has 0 atom stereocenters. The SMILES string of the molecule is O=C1CNCCN1CCCOCC(F)(F)F. The van der Waals surface area contributed by atoms with Crippen LogP contribution in [0, 0.1) is 0 Å². The predicted octanol–water partition coefficient (Wildman–Crippen LogP) is 0.387. The lowest BCUT2D eigenvalue weighted by Crippen LogP contribution is -2.48. The van der Waals surface area contributed by atoms with Gasteiger partial charge in [0.2, 0.25) is 5.91 Å². The van der Waals surface area contributed by atoms with Gasteiger partial charge in [-0.05, 0) is 6.42 Å². The highest BCUT2D eigenvalue weighted by atomic mass is 19.4. The van der Waals surface area contributed by atoms with Gasteiger partial charge in [0, 0.05) is 26.2 Å². The van der Waals surface area contributed by atoms with Crippen molar-refractivity contribution in [2.24, 2.45) is 0 Å². The molecule has 16 heavy (non-hydrogen) atoms. The van der Waals surface area contributed by atoms with E-state index in [4.69, 9.17) is 0 Å². The monoisotopic (exact) mass is 240 g/mol. The van der Waals surface area contributed by atoms with Crippen LogP contribution in [0.1, 0.15) is 6.42 Å². The lowest BCUT2D eigenvalue weighted by Gasteiger charge is -2.27. The van der Waals surface area contributed by atoms with Gasteiger partial charge in [-0.25, -0.2) is 0 Å². The molecule has 1 aliphatic rings. The Morgan fingerprint density at radius 2 is 2.19 bits per heavy atom. The average Bonchev–Trinajstić information content (AvgIpc) is 2.18. The topological polar surface area (TPSA) is 41.6 Å². The quantitative estimate of drug-likeness (QED) is 0.707. The highest BCUT2D eigenvalue weighted by Gasteiger charge is 2.27. The van der Waals surface area contributed by atoms with Crippen molar-refractivity contribution < 1.29 is 22.7 Å². The van der Waals surface area contributed by atoms with E-state index >= 15 is 0 Å². The number of amides is 1. The standard InChI is InChI=1S/C9H15F3N2O2/c10-9(11,12)7-16-5-1-3-14-4-2-13-6-8(14)15/h13H,1-7H2. The summed E-state index contributed by atoms with van der Waals surface area (Å²) in [6.45, 7) is 0.911. The van der Waals surface area contributed by atoms with Crippen LogP contribution in [-0.2, 0) is 9.53 Å². The largest absolute Gasteiger partial charge is 0.411 e. The van der Waals surface area contributed by atoms with Crippen molar-refractivity contribution in [2.45, 2.75) is 12.6 Å². The zero-order chi connectivity index (χ0) is 12.0. The second-order valence-electron chi connectivity index (χ2n) is 3.58. The van der Waals surface area contributed by atoms with Gasteiger partial charge in [0.1, 0.15) is 6.61 Å². The van der Waals surface area contributed by atoms with Crippen molar-refractivity contribution in [1.82, 2.24) is 10.2 Å². The van der Waals surface area contributed by atoms with Crippen molar-refractivity contribution in [2.75, 3.05) is 39.4 Å². The number of hydrogen-bond donors (Lipinski definition) is 1. The van der Waals surface area contributed by atoms with E-state index < -0.39 is 12.8 Å². The van der Waals surface area contributed by atoms with E-state index in [2.05, 4.69) is 10.1 Å². The van der Waals surface area contributed by atoms with E-state index in [9.17, 15) is 18.0 Å². The summed E-state index contributed by atoms with van der Waals surface area (Å²) in [6, 6.07) is 0. The Labute approximate surface area is 91.7 Å². The molecule has 0 saturated carbocycles. The smallest absolute Gasteiger partial charge is 0.372 e. The van der Waals surface area contributed by atoms with Crippen molar-refractivity contribution in [3.63, 3.8) is 0 Å². The Hall–Kier alpha value is -0.820. The lowest BCUT2D eigenvalue weighted by molar-refractivity contribution is -0.174. The maximum atomic E-state index is 11.7. The minimum absolute atomic E-state index is 0.0120. The summed E-state index contributed by atoms with van der Waals surface area (Å²) < 4.78 is 39.6. The van der Waals surface area contributed by atoms with Crippen molar-refractivity contribution in [1.29, 1.82) is 0 Å². The highest BCUT2D eigenvalue weighted by molar-refractivity contribution is 5.78. The Kier molecular flexibility index (Phi) is 5.01. The third-order valence-electron chi connectivity index (χ3n) is 2.17.